The molecule has 104 valence electrons. The average Bonchev–Trinajstić information content (AvgIpc) is 2.87. The Balaban J connectivity index is 2.30. The third-order valence-electron chi connectivity index (χ3n) is 3.54. The summed E-state index contributed by atoms with van der Waals surface area (Å²) in [6.45, 7) is 0. The van der Waals surface area contributed by atoms with Gasteiger partial charge in [-0.25, -0.2) is 4.79 Å². The molecule has 5 nitrogen and oxygen atoms in total. The first-order valence-corrected chi connectivity index (χ1v) is 6.35. The molecule has 0 fully saturated rings. The summed E-state index contributed by atoms with van der Waals surface area (Å²) in [6, 6.07) is 12.7. The molecular formula is C16H11NO4. The molecular weight excluding hydrogens is 270 g/mol. The van der Waals surface area contributed by atoms with E-state index in [2.05, 4.69) is 4.98 Å². The van der Waals surface area contributed by atoms with Crippen LogP contribution in [0.5, 0.6) is 0 Å². The van der Waals surface area contributed by atoms with Gasteiger partial charge >= 0.3 is 5.97 Å². The predicted molar refractivity (Wildman–Crippen MR) is 77.3 cm³/mol. The van der Waals surface area contributed by atoms with Gasteiger partial charge in [-0.15, -0.1) is 0 Å². The van der Waals surface area contributed by atoms with E-state index in [4.69, 9.17) is 5.11 Å². The lowest BCUT2D eigenvalue weighted by Gasteiger charge is -2.08. The van der Waals surface area contributed by atoms with Crippen LogP contribution in [0.1, 0.15) is 11.5 Å². The van der Waals surface area contributed by atoms with Gasteiger partial charge in [0, 0.05) is 16.3 Å². The minimum absolute atomic E-state index is 0.372. The number of nitrogens with one attached hydrogen (secondary N) is 1. The van der Waals surface area contributed by atoms with E-state index in [1.165, 1.54) is 0 Å². The molecule has 3 rings (SSSR count). The molecule has 0 spiro atoms. The van der Waals surface area contributed by atoms with Crippen LogP contribution in [0.2, 0.25) is 0 Å². The molecule has 0 aliphatic rings. The summed E-state index contributed by atoms with van der Waals surface area (Å²) in [5, 5.41) is 10.7. The van der Waals surface area contributed by atoms with Gasteiger partial charge in [0.05, 0.1) is 5.52 Å². The lowest BCUT2D eigenvalue weighted by atomic mass is 9.94. The van der Waals surface area contributed by atoms with Crippen LogP contribution in [-0.4, -0.2) is 28.1 Å². The number of carboxylic acids is 1. The quantitative estimate of drug-likeness (QED) is 0.436. The van der Waals surface area contributed by atoms with Crippen LogP contribution in [0.25, 0.3) is 21.8 Å². The number of aliphatic carboxylic acids is 1. The average molecular weight is 281 g/mol. The maximum atomic E-state index is 11.7. The zero-order valence-electron chi connectivity index (χ0n) is 10.9. The fraction of sp³-hybridized carbons (Fsp3) is 0.0625. The Labute approximate surface area is 119 Å². The van der Waals surface area contributed by atoms with Crippen LogP contribution in [0.15, 0.2) is 42.5 Å². The molecule has 2 N–H and O–H groups in total. The highest BCUT2D eigenvalue weighted by Crippen LogP contribution is 2.30. The number of aldehydes is 1. The van der Waals surface area contributed by atoms with Gasteiger partial charge in [0.2, 0.25) is 0 Å². The maximum absolute atomic E-state index is 11.7. The molecule has 0 aliphatic carbocycles. The second kappa shape index (κ2) is 4.86. The molecule has 3 aromatic rings. The number of benzene rings is 2. The topological polar surface area (TPSA) is 87.2 Å². The van der Waals surface area contributed by atoms with Crippen molar-refractivity contribution in [3.8, 4) is 0 Å². The zero-order valence-corrected chi connectivity index (χ0v) is 10.9. The van der Waals surface area contributed by atoms with E-state index < -0.39 is 17.7 Å². The van der Waals surface area contributed by atoms with Crippen molar-refractivity contribution in [3.05, 3.63) is 48.0 Å². The van der Waals surface area contributed by atoms with Crippen LogP contribution in [0.4, 0.5) is 0 Å². The number of aromatic amines is 1. The predicted octanol–water partition coefficient (Wildman–Crippen LogP) is 2.26. The number of aromatic nitrogens is 1. The fourth-order valence-electron chi connectivity index (χ4n) is 2.56. The van der Waals surface area contributed by atoms with E-state index in [0.717, 1.165) is 16.3 Å². The van der Waals surface area contributed by atoms with E-state index in [9.17, 15) is 14.4 Å². The first-order chi connectivity index (χ1) is 10.1. The molecule has 0 radical (unpaired) electrons. The van der Waals surface area contributed by atoms with Crippen LogP contribution in [0.3, 0.4) is 0 Å². The number of Topliss-reactive ketones (excluding diaryl/α,β-unsaturated/α-hetero) is 1. The van der Waals surface area contributed by atoms with E-state index in [1.54, 1.807) is 12.1 Å². The minimum atomic E-state index is -1.61. The summed E-state index contributed by atoms with van der Waals surface area (Å²) in [4.78, 5) is 36.9. The van der Waals surface area contributed by atoms with Crippen molar-refractivity contribution in [1.29, 1.82) is 0 Å². The molecule has 21 heavy (non-hydrogen) atoms. The van der Waals surface area contributed by atoms with Crippen molar-refractivity contribution in [2.45, 2.75) is 5.92 Å². The molecule has 1 aromatic heterocycles. The Morgan fingerprint density at radius 2 is 1.76 bits per heavy atom. The van der Waals surface area contributed by atoms with Crippen LogP contribution < -0.4 is 0 Å². The lowest BCUT2D eigenvalue weighted by Crippen LogP contribution is -2.22. The Hall–Kier alpha value is -2.95. The zero-order chi connectivity index (χ0) is 15.0. The molecule has 1 atom stereocenters. The molecule has 0 saturated heterocycles. The van der Waals surface area contributed by atoms with E-state index >= 15 is 0 Å². The molecule has 0 saturated carbocycles. The summed E-state index contributed by atoms with van der Waals surface area (Å²) in [5.41, 5.74) is 1.86. The van der Waals surface area contributed by atoms with Gasteiger partial charge in [-0.2, -0.15) is 0 Å². The first kappa shape index (κ1) is 13.1. The van der Waals surface area contributed by atoms with Crippen molar-refractivity contribution >= 4 is 39.8 Å². The molecule has 0 bridgehead atoms. The first-order valence-electron chi connectivity index (χ1n) is 6.35. The van der Waals surface area contributed by atoms with Crippen molar-refractivity contribution in [3.63, 3.8) is 0 Å². The highest BCUT2D eigenvalue weighted by atomic mass is 16.4. The number of ketones is 1. The summed E-state index contributed by atoms with van der Waals surface area (Å²) in [5.74, 6) is -4.05. The van der Waals surface area contributed by atoms with Gasteiger partial charge < -0.3 is 14.9 Å². The maximum Gasteiger partial charge on any atom is 0.373 e. The normalized spacial score (nSPS) is 12.4. The Morgan fingerprint density at radius 3 is 2.48 bits per heavy atom. The summed E-state index contributed by atoms with van der Waals surface area (Å²) >= 11 is 0. The Bertz CT molecular complexity index is 878. The number of carboxylic acid groups (broad SMARTS) is 1. The number of fused-ring (bicyclic) bond motifs is 3. The van der Waals surface area contributed by atoms with E-state index in [1.807, 2.05) is 30.3 Å². The number of para-hydroxylation sites is 2. The number of hydrogen-bond acceptors (Lipinski definition) is 3. The van der Waals surface area contributed by atoms with Crippen LogP contribution in [0, 0.1) is 0 Å². The number of carbonyl (C=O) groups excluding carboxylic acids is 2. The van der Waals surface area contributed by atoms with Crippen molar-refractivity contribution in [2.24, 2.45) is 0 Å². The van der Waals surface area contributed by atoms with E-state index in [0.29, 0.717) is 17.4 Å². The van der Waals surface area contributed by atoms with Gasteiger partial charge in [-0.1, -0.05) is 36.4 Å². The second-order valence-electron chi connectivity index (χ2n) is 4.72. The summed E-state index contributed by atoms with van der Waals surface area (Å²) < 4.78 is 0. The molecule has 1 heterocycles. The van der Waals surface area contributed by atoms with Crippen molar-refractivity contribution in [2.75, 3.05) is 0 Å². The lowest BCUT2D eigenvalue weighted by molar-refractivity contribution is -0.150. The smallest absolute Gasteiger partial charge is 0.373 e. The fourth-order valence-corrected chi connectivity index (χ4v) is 2.56. The Kier molecular flexibility index (Phi) is 3.02. The number of carbonyl (C=O) groups is 3. The minimum Gasteiger partial charge on any atom is -0.475 e. The largest absolute Gasteiger partial charge is 0.475 e. The highest BCUT2D eigenvalue weighted by Gasteiger charge is 2.28. The molecule has 2 aromatic carbocycles. The summed E-state index contributed by atoms with van der Waals surface area (Å²) in [6.07, 6.45) is 0.372. The number of H-pyrrole nitrogens is 1. The van der Waals surface area contributed by atoms with Gasteiger partial charge in [0.25, 0.3) is 5.78 Å². The van der Waals surface area contributed by atoms with Gasteiger partial charge in [0.1, 0.15) is 12.2 Å². The molecule has 1 unspecified atom stereocenters. The van der Waals surface area contributed by atoms with Gasteiger partial charge in [0.15, 0.2) is 0 Å². The van der Waals surface area contributed by atoms with Crippen molar-refractivity contribution in [1.82, 2.24) is 4.98 Å². The molecule has 0 aliphatic heterocycles. The number of rotatable bonds is 4. The second-order valence-corrected chi connectivity index (χ2v) is 4.72. The SMILES string of the molecule is O=CC(C(=O)C(=O)O)c1cccc2c1[nH]c1ccccc12. The Morgan fingerprint density at radius 1 is 1.05 bits per heavy atom. The van der Waals surface area contributed by atoms with Crippen molar-refractivity contribution < 1.29 is 19.5 Å². The van der Waals surface area contributed by atoms with Gasteiger partial charge in [-0.05, 0) is 11.6 Å². The van der Waals surface area contributed by atoms with Gasteiger partial charge in [-0.3, -0.25) is 4.79 Å². The third kappa shape index (κ3) is 1.99. The third-order valence-corrected chi connectivity index (χ3v) is 3.54. The monoisotopic (exact) mass is 281 g/mol. The number of hydrogen-bond donors (Lipinski definition) is 2. The highest BCUT2D eigenvalue weighted by molar-refractivity contribution is 6.38. The molecule has 5 heteroatoms. The summed E-state index contributed by atoms with van der Waals surface area (Å²) in [7, 11) is 0. The van der Waals surface area contributed by atoms with E-state index in [-0.39, 0.29) is 0 Å². The van der Waals surface area contributed by atoms with Crippen LogP contribution >= 0.6 is 0 Å². The van der Waals surface area contributed by atoms with Crippen LogP contribution in [-0.2, 0) is 14.4 Å². The molecule has 0 amide bonds. The standard InChI is InChI=1S/C16H11NO4/c18-8-12(15(19)16(20)21)11-6-3-5-10-9-4-1-2-7-13(9)17-14(10)11/h1-8,12,17H,(H,20,21).